The molecule has 0 aliphatic rings. The van der Waals surface area contributed by atoms with Crippen molar-refractivity contribution in [3.63, 3.8) is 0 Å². The van der Waals surface area contributed by atoms with Crippen molar-refractivity contribution in [2.24, 2.45) is 5.92 Å². The molecule has 5 nitrogen and oxygen atoms in total. The number of hydrogen-bond donors (Lipinski definition) is 2. The largest absolute Gasteiger partial charge is 0.493 e. The number of carbonyl (C=O) groups is 1. The fourth-order valence-corrected chi connectivity index (χ4v) is 3.10. The first kappa shape index (κ1) is 24.3. The first-order valence-corrected chi connectivity index (χ1v) is 9.74. The molecular formula is C21H28BrClN2O3. The summed E-state index contributed by atoms with van der Waals surface area (Å²) in [6, 6.07) is 11.5. The van der Waals surface area contributed by atoms with Gasteiger partial charge in [0.15, 0.2) is 18.1 Å². The van der Waals surface area contributed by atoms with E-state index in [9.17, 15) is 4.79 Å². The maximum atomic E-state index is 12.2. The number of carbonyl (C=O) groups excluding carboxylic acids is 1. The van der Waals surface area contributed by atoms with Crippen LogP contribution in [0.1, 0.15) is 25.0 Å². The van der Waals surface area contributed by atoms with Gasteiger partial charge in [0, 0.05) is 12.2 Å². The van der Waals surface area contributed by atoms with Crippen molar-refractivity contribution in [2.75, 3.05) is 25.6 Å². The van der Waals surface area contributed by atoms with Crippen molar-refractivity contribution in [3.05, 3.63) is 52.0 Å². The van der Waals surface area contributed by atoms with Crippen molar-refractivity contribution in [1.82, 2.24) is 5.32 Å². The average Bonchev–Trinajstić information content (AvgIpc) is 2.62. The smallest absolute Gasteiger partial charge is 0.262 e. The van der Waals surface area contributed by atoms with Gasteiger partial charge < -0.3 is 20.1 Å². The van der Waals surface area contributed by atoms with Gasteiger partial charge in [-0.1, -0.05) is 31.5 Å². The van der Waals surface area contributed by atoms with Crippen LogP contribution in [0.25, 0.3) is 0 Å². The van der Waals surface area contributed by atoms with Crippen LogP contribution in [0.3, 0.4) is 0 Å². The highest BCUT2D eigenvalue weighted by Crippen LogP contribution is 2.36. The first-order valence-electron chi connectivity index (χ1n) is 8.95. The Morgan fingerprint density at radius 2 is 1.86 bits per heavy atom. The monoisotopic (exact) mass is 470 g/mol. The summed E-state index contributed by atoms with van der Waals surface area (Å²) in [5.41, 5.74) is 2.96. The van der Waals surface area contributed by atoms with Gasteiger partial charge in [-0.2, -0.15) is 0 Å². The molecule has 2 aromatic carbocycles. The molecule has 0 bridgehead atoms. The molecule has 0 radical (unpaired) electrons. The number of hydrogen-bond acceptors (Lipinski definition) is 4. The van der Waals surface area contributed by atoms with Gasteiger partial charge in [0.25, 0.3) is 5.91 Å². The van der Waals surface area contributed by atoms with Crippen LogP contribution in [-0.2, 0) is 11.3 Å². The van der Waals surface area contributed by atoms with Crippen molar-refractivity contribution >= 4 is 39.9 Å². The summed E-state index contributed by atoms with van der Waals surface area (Å²) >= 11 is 3.52. The van der Waals surface area contributed by atoms with Crippen molar-refractivity contribution in [3.8, 4) is 11.5 Å². The van der Waals surface area contributed by atoms with E-state index in [4.69, 9.17) is 9.47 Å². The number of nitrogens with one attached hydrogen (secondary N) is 2. The third-order valence-electron chi connectivity index (χ3n) is 3.85. The molecular weight excluding hydrogens is 444 g/mol. The summed E-state index contributed by atoms with van der Waals surface area (Å²) in [6.45, 7) is 7.91. The van der Waals surface area contributed by atoms with E-state index in [2.05, 4.69) is 40.4 Å². The molecule has 7 heteroatoms. The molecule has 1 amide bonds. The minimum Gasteiger partial charge on any atom is -0.493 e. The third-order valence-corrected chi connectivity index (χ3v) is 4.44. The second kappa shape index (κ2) is 11.9. The van der Waals surface area contributed by atoms with Crippen LogP contribution < -0.4 is 20.1 Å². The lowest BCUT2D eigenvalue weighted by atomic mass is 10.2. The van der Waals surface area contributed by atoms with E-state index < -0.39 is 0 Å². The van der Waals surface area contributed by atoms with Crippen molar-refractivity contribution in [2.45, 2.75) is 27.3 Å². The molecule has 0 unspecified atom stereocenters. The van der Waals surface area contributed by atoms with Gasteiger partial charge in [-0.3, -0.25) is 4.79 Å². The Bertz CT molecular complexity index is 767. The van der Waals surface area contributed by atoms with Gasteiger partial charge in [0.1, 0.15) is 0 Å². The normalized spacial score (nSPS) is 10.4. The number of ether oxygens (including phenoxy) is 2. The van der Waals surface area contributed by atoms with Crippen LogP contribution in [0.4, 0.5) is 5.69 Å². The fourth-order valence-electron chi connectivity index (χ4n) is 2.49. The summed E-state index contributed by atoms with van der Waals surface area (Å²) < 4.78 is 11.9. The maximum absolute atomic E-state index is 12.2. The highest BCUT2D eigenvalue weighted by Gasteiger charge is 2.14. The zero-order valence-corrected chi connectivity index (χ0v) is 19.1. The Kier molecular flexibility index (Phi) is 10.4. The fraction of sp³-hybridized carbons (Fsp3) is 0.381. The number of rotatable bonds is 9. The lowest BCUT2D eigenvalue weighted by Crippen LogP contribution is -2.21. The summed E-state index contributed by atoms with van der Waals surface area (Å²) in [4.78, 5) is 12.2. The Hall–Kier alpha value is -1.76. The Morgan fingerprint density at radius 1 is 1.18 bits per heavy atom. The molecule has 2 aromatic rings. The van der Waals surface area contributed by atoms with E-state index >= 15 is 0 Å². The minimum atomic E-state index is -0.226. The molecule has 0 heterocycles. The zero-order chi connectivity index (χ0) is 19.8. The Labute approximate surface area is 181 Å². The van der Waals surface area contributed by atoms with Gasteiger partial charge in [0.2, 0.25) is 0 Å². The summed E-state index contributed by atoms with van der Waals surface area (Å²) in [5, 5.41) is 6.22. The zero-order valence-electron chi connectivity index (χ0n) is 16.7. The third kappa shape index (κ3) is 7.70. The molecule has 2 N–H and O–H groups in total. The van der Waals surface area contributed by atoms with E-state index in [-0.39, 0.29) is 24.9 Å². The molecule has 0 saturated heterocycles. The molecule has 2 rings (SSSR count). The number of methoxy groups -OCH3 is 1. The topological polar surface area (TPSA) is 59.6 Å². The van der Waals surface area contributed by atoms with Crippen LogP contribution >= 0.6 is 28.3 Å². The number of anilines is 1. The predicted octanol–water partition coefficient (Wildman–Crippen LogP) is 4.95. The highest BCUT2D eigenvalue weighted by molar-refractivity contribution is 9.10. The molecule has 0 aliphatic heterocycles. The summed E-state index contributed by atoms with van der Waals surface area (Å²) in [6.07, 6.45) is 0. The van der Waals surface area contributed by atoms with E-state index in [0.717, 1.165) is 34.4 Å². The van der Waals surface area contributed by atoms with Crippen molar-refractivity contribution in [1.29, 1.82) is 0 Å². The number of halogens is 2. The van der Waals surface area contributed by atoms with Gasteiger partial charge in [0.05, 0.1) is 11.6 Å². The van der Waals surface area contributed by atoms with Crippen LogP contribution in [-0.4, -0.2) is 26.2 Å². The first-order chi connectivity index (χ1) is 12.9. The van der Waals surface area contributed by atoms with E-state index in [0.29, 0.717) is 17.4 Å². The van der Waals surface area contributed by atoms with Gasteiger partial charge in [-0.05, 0) is 65.1 Å². The van der Waals surface area contributed by atoms with Crippen molar-refractivity contribution < 1.29 is 14.3 Å². The van der Waals surface area contributed by atoms with Crippen LogP contribution in [0, 0.1) is 12.8 Å². The van der Waals surface area contributed by atoms with Gasteiger partial charge in [-0.25, -0.2) is 0 Å². The quantitative estimate of drug-likeness (QED) is 0.543. The van der Waals surface area contributed by atoms with Gasteiger partial charge >= 0.3 is 0 Å². The van der Waals surface area contributed by atoms with E-state index in [1.54, 1.807) is 7.11 Å². The molecule has 0 spiro atoms. The van der Waals surface area contributed by atoms with Gasteiger partial charge in [-0.15, -0.1) is 12.4 Å². The van der Waals surface area contributed by atoms with Crippen LogP contribution in [0.5, 0.6) is 11.5 Å². The average molecular weight is 472 g/mol. The van der Waals surface area contributed by atoms with Crippen LogP contribution in [0.15, 0.2) is 40.9 Å². The van der Waals surface area contributed by atoms with Crippen LogP contribution in [0.2, 0.25) is 0 Å². The molecule has 0 aliphatic carbocycles. The SMILES string of the molecule is COc1cc(CNCC(C)C)cc(Br)c1OCC(=O)Nc1ccc(C)cc1.Cl. The number of aryl methyl sites for hydroxylation is 1. The highest BCUT2D eigenvalue weighted by atomic mass is 79.9. The molecule has 0 atom stereocenters. The maximum Gasteiger partial charge on any atom is 0.262 e. The van der Waals surface area contributed by atoms with E-state index in [1.807, 2.05) is 43.3 Å². The summed E-state index contributed by atoms with van der Waals surface area (Å²) in [5.74, 6) is 1.47. The molecule has 0 fully saturated rings. The lowest BCUT2D eigenvalue weighted by molar-refractivity contribution is -0.118. The Morgan fingerprint density at radius 3 is 2.46 bits per heavy atom. The second-order valence-corrected chi connectivity index (χ2v) is 7.69. The lowest BCUT2D eigenvalue weighted by Gasteiger charge is -2.15. The molecule has 154 valence electrons. The second-order valence-electron chi connectivity index (χ2n) is 6.84. The Balaban J connectivity index is 0.00000392. The standard InChI is InChI=1S/C21H27BrN2O3.ClH/c1-14(2)11-23-12-16-9-18(22)21(19(10-16)26-4)27-13-20(25)24-17-7-5-15(3)6-8-17;/h5-10,14,23H,11-13H2,1-4H3,(H,24,25);1H. The predicted molar refractivity (Wildman–Crippen MR) is 120 cm³/mol. The molecule has 0 aromatic heterocycles. The molecule has 0 saturated carbocycles. The molecule has 28 heavy (non-hydrogen) atoms. The van der Waals surface area contributed by atoms with E-state index in [1.165, 1.54) is 0 Å². The summed E-state index contributed by atoms with van der Waals surface area (Å²) in [7, 11) is 1.59. The number of amides is 1. The number of benzene rings is 2. The minimum absolute atomic E-state index is 0.